The van der Waals surface area contributed by atoms with Crippen molar-refractivity contribution < 1.29 is 27.9 Å². The highest BCUT2D eigenvalue weighted by molar-refractivity contribution is 7.89. The molecule has 7 nitrogen and oxygen atoms in total. The second-order valence-electron chi connectivity index (χ2n) is 5.24. The van der Waals surface area contributed by atoms with Crippen molar-refractivity contribution in [3.8, 4) is 0 Å². The van der Waals surface area contributed by atoms with Crippen LogP contribution in [-0.2, 0) is 19.6 Å². The number of hydrogen-bond acceptors (Lipinski definition) is 5. The fraction of sp³-hybridized carbons (Fsp3) is 0.467. The minimum Gasteiger partial charge on any atom is -0.480 e. The summed E-state index contributed by atoms with van der Waals surface area (Å²) in [6.45, 7) is 4.90. The molecule has 0 radical (unpaired) electrons. The van der Waals surface area contributed by atoms with Gasteiger partial charge in [0.05, 0.1) is 17.6 Å². The Morgan fingerprint density at radius 3 is 2.43 bits per heavy atom. The fourth-order valence-electron chi connectivity index (χ4n) is 2.11. The number of carbonyl (C=O) groups is 2. The van der Waals surface area contributed by atoms with Gasteiger partial charge in [-0.1, -0.05) is 26.3 Å². The number of sulfonamides is 1. The van der Waals surface area contributed by atoms with E-state index in [1.54, 1.807) is 13.8 Å². The van der Waals surface area contributed by atoms with Crippen molar-refractivity contribution in [2.75, 3.05) is 7.11 Å². The largest absolute Gasteiger partial charge is 0.480 e. The molecule has 0 spiro atoms. The van der Waals surface area contributed by atoms with E-state index in [1.807, 2.05) is 0 Å². The van der Waals surface area contributed by atoms with Crippen LogP contribution in [0.1, 0.15) is 36.2 Å². The van der Waals surface area contributed by atoms with Crippen LogP contribution in [0, 0.1) is 12.8 Å². The average Bonchev–Trinajstić information content (AvgIpc) is 2.50. The first kappa shape index (κ1) is 19.1. The van der Waals surface area contributed by atoms with Gasteiger partial charge in [0.25, 0.3) is 0 Å². The van der Waals surface area contributed by atoms with Crippen LogP contribution in [0.4, 0.5) is 0 Å². The van der Waals surface area contributed by atoms with Crippen molar-refractivity contribution in [1.29, 1.82) is 0 Å². The first-order chi connectivity index (χ1) is 10.7. The second kappa shape index (κ2) is 7.56. The van der Waals surface area contributed by atoms with Crippen molar-refractivity contribution in [3.63, 3.8) is 0 Å². The summed E-state index contributed by atoms with van der Waals surface area (Å²) in [5.74, 6) is -2.28. The first-order valence-corrected chi connectivity index (χ1v) is 8.57. The summed E-state index contributed by atoms with van der Waals surface area (Å²) in [6.07, 6.45) is 0.501. The maximum absolute atomic E-state index is 12.5. The van der Waals surface area contributed by atoms with Gasteiger partial charge in [0.15, 0.2) is 0 Å². The molecule has 128 valence electrons. The minimum atomic E-state index is -4.09. The van der Waals surface area contributed by atoms with Crippen LogP contribution in [0.3, 0.4) is 0 Å². The SMILES string of the molecule is CC[C@H](C)[C@H](NS(=O)(=O)c1cccc(C(=O)OC)c1C)C(=O)O. The van der Waals surface area contributed by atoms with E-state index in [0.29, 0.717) is 6.42 Å². The standard InChI is InChI=1S/C15H21NO6S/c1-5-9(2)13(14(17)18)16-23(20,21)12-8-6-7-11(10(12)3)15(19)22-4/h6-9,13,16H,5H2,1-4H3,(H,17,18)/t9-,13-/m0/s1. The van der Waals surface area contributed by atoms with E-state index in [1.165, 1.54) is 32.2 Å². The van der Waals surface area contributed by atoms with Gasteiger partial charge < -0.3 is 9.84 Å². The molecular formula is C15H21NO6S. The molecule has 1 aromatic rings. The Kier molecular flexibility index (Phi) is 6.28. The number of rotatable bonds is 7. The molecule has 0 heterocycles. The zero-order valence-corrected chi connectivity index (χ0v) is 14.3. The van der Waals surface area contributed by atoms with Crippen LogP contribution in [-0.4, -0.2) is 38.6 Å². The molecular weight excluding hydrogens is 322 g/mol. The normalized spacial score (nSPS) is 14.1. The number of carboxylic acid groups (broad SMARTS) is 1. The van der Waals surface area contributed by atoms with E-state index < -0.39 is 28.0 Å². The van der Waals surface area contributed by atoms with Gasteiger partial charge in [-0.05, 0) is 30.5 Å². The zero-order chi connectivity index (χ0) is 17.8. The van der Waals surface area contributed by atoms with Crippen LogP contribution >= 0.6 is 0 Å². The van der Waals surface area contributed by atoms with Crippen LogP contribution in [0.2, 0.25) is 0 Å². The molecule has 23 heavy (non-hydrogen) atoms. The van der Waals surface area contributed by atoms with E-state index in [2.05, 4.69) is 9.46 Å². The lowest BCUT2D eigenvalue weighted by Crippen LogP contribution is -2.45. The third kappa shape index (κ3) is 4.29. The number of nitrogens with one attached hydrogen (secondary N) is 1. The molecule has 2 N–H and O–H groups in total. The van der Waals surface area contributed by atoms with Crippen LogP contribution in [0.25, 0.3) is 0 Å². The van der Waals surface area contributed by atoms with Crippen molar-refractivity contribution in [2.45, 2.75) is 38.1 Å². The zero-order valence-electron chi connectivity index (χ0n) is 13.5. The molecule has 1 rings (SSSR count). The predicted octanol–water partition coefficient (Wildman–Crippen LogP) is 1.56. The Morgan fingerprint density at radius 1 is 1.35 bits per heavy atom. The molecule has 0 aliphatic heterocycles. The second-order valence-corrected chi connectivity index (χ2v) is 6.93. The summed E-state index contributed by atoms with van der Waals surface area (Å²) in [6, 6.07) is 2.93. The summed E-state index contributed by atoms with van der Waals surface area (Å²) >= 11 is 0. The van der Waals surface area contributed by atoms with E-state index in [-0.39, 0.29) is 21.9 Å². The van der Waals surface area contributed by atoms with Crippen molar-refractivity contribution in [3.05, 3.63) is 29.3 Å². The lowest BCUT2D eigenvalue weighted by molar-refractivity contribution is -0.140. The van der Waals surface area contributed by atoms with Gasteiger partial charge in [0.2, 0.25) is 10.0 Å². The smallest absolute Gasteiger partial charge is 0.338 e. The summed E-state index contributed by atoms with van der Waals surface area (Å²) in [4.78, 5) is 22.8. The van der Waals surface area contributed by atoms with Gasteiger partial charge in [0, 0.05) is 0 Å². The number of aliphatic carboxylic acids is 1. The predicted molar refractivity (Wildman–Crippen MR) is 83.7 cm³/mol. The number of esters is 1. The summed E-state index contributed by atoms with van der Waals surface area (Å²) in [7, 11) is -2.89. The molecule has 0 saturated heterocycles. The number of methoxy groups -OCH3 is 1. The lowest BCUT2D eigenvalue weighted by Gasteiger charge is -2.21. The Balaban J connectivity index is 3.28. The molecule has 0 aliphatic carbocycles. The van der Waals surface area contributed by atoms with Gasteiger partial charge in [-0.15, -0.1) is 0 Å². The van der Waals surface area contributed by atoms with E-state index in [4.69, 9.17) is 0 Å². The third-order valence-electron chi connectivity index (χ3n) is 3.74. The Morgan fingerprint density at radius 2 is 1.96 bits per heavy atom. The van der Waals surface area contributed by atoms with E-state index >= 15 is 0 Å². The molecule has 0 amide bonds. The highest BCUT2D eigenvalue weighted by Gasteiger charge is 2.30. The molecule has 0 aromatic heterocycles. The molecule has 0 unspecified atom stereocenters. The van der Waals surface area contributed by atoms with Gasteiger partial charge in [0.1, 0.15) is 6.04 Å². The topological polar surface area (TPSA) is 110 Å². The number of hydrogen-bond donors (Lipinski definition) is 2. The van der Waals surface area contributed by atoms with Crippen molar-refractivity contribution in [2.24, 2.45) is 5.92 Å². The maximum Gasteiger partial charge on any atom is 0.338 e. The van der Waals surface area contributed by atoms with E-state index in [9.17, 15) is 23.1 Å². The Bertz CT molecular complexity index is 698. The monoisotopic (exact) mass is 343 g/mol. The lowest BCUT2D eigenvalue weighted by atomic mass is 10.0. The van der Waals surface area contributed by atoms with Crippen LogP contribution in [0.15, 0.2) is 23.1 Å². The molecule has 0 fully saturated rings. The van der Waals surface area contributed by atoms with Crippen molar-refractivity contribution >= 4 is 22.0 Å². The molecule has 0 aliphatic rings. The Labute approximate surface area is 135 Å². The number of carboxylic acids is 1. The van der Waals surface area contributed by atoms with Crippen LogP contribution in [0.5, 0.6) is 0 Å². The van der Waals surface area contributed by atoms with Gasteiger partial charge in [-0.2, -0.15) is 4.72 Å². The summed E-state index contributed by atoms with van der Waals surface area (Å²) in [5.41, 5.74) is 0.325. The summed E-state index contributed by atoms with van der Waals surface area (Å²) < 4.78 is 31.9. The van der Waals surface area contributed by atoms with Gasteiger partial charge >= 0.3 is 11.9 Å². The highest BCUT2D eigenvalue weighted by Crippen LogP contribution is 2.21. The molecule has 0 saturated carbocycles. The third-order valence-corrected chi connectivity index (χ3v) is 5.33. The summed E-state index contributed by atoms with van der Waals surface area (Å²) in [5, 5.41) is 9.23. The van der Waals surface area contributed by atoms with Crippen LogP contribution < -0.4 is 4.72 Å². The fourth-order valence-corrected chi connectivity index (χ4v) is 3.68. The highest BCUT2D eigenvalue weighted by atomic mass is 32.2. The van der Waals surface area contributed by atoms with Crippen molar-refractivity contribution in [1.82, 2.24) is 4.72 Å². The minimum absolute atomic E-state index is 0.116. The number of ether oxygens (including phenoxy) is 1. The molecule has 2 atom stereocenters. The molecule has 8 heteroatoms. The first-order valence-electron chi connectivity index (χ1n) is 7.08. The van der Waals surface area contributed by atoms with Gasteiger partial charge in [-0.25, -0.2) is 13.2 Å². The quantitative estimate of drug-likeness (QED) is 0.727. The number of benzene rings is 1. The van der Waals surface area contributed by atoms with Gasteiger partial charge in [-0.3, -0.25) is 4.79 Å². The Hall–Kier alpha value is -1.93. The maximum atomic E-state index is 12.5. The van der Waals surface area contributed by atoms with E-state index in [0.717, 1.165) is 0 Å². The average molecular weight is 343 g/mol. The number of carbonyl (C=O) groups excluding carboxylic acids is 1. The molecule has 1 aromatic carbocycles. The molecule has 0 bridgehead atoms.